The fourth-order valence-electron chi connectivity index (χ4n) is 2.95. The Morgan fingerprint density at radius 1 is 1.15 bits per heavy atom. The SMILES string of the molecule is O=C(NC(CO)Cc1c[nH]c2ccccc12)c1cccc(C#CCCO)c1. The fourth-order valence-corrected chi connectivity index (χ4v) is 2.95. The first-order chi connectivity index (χ1) is 13.2. The molecule has 1 heterocycles. The van der Waals surface area contributed by atoms with E-state index in [-0.39, 0.29) is 25.2 Å². The summed E-state index contributed by atoms with van der Waals surface area (Å²) < 4.78 is 0. The second-order valence-corrected chi connectivity index (χ2v) is 6.27. The molecule has 4 N–H and O–H groups in total. The van der Waals surface area contributed by atoms with Crippen LogP contribution in [0.3, 0.4) is 0 Å². The Kier molecular flexibility index (Phi) is 6.26. The monoisotopic (exact) mass is 362 g/mol. The van der Waals surface area contributed by atoms with Gasteiger partial charge in [0.15, 0.2) is 0 Å². The van der Waals surface area contributed by atoms with Crippen LogP contribution in [0, 0.1) is 11.8 Å². The molecule has 0 spiro atoms. The maximum Gasteiger partial charge on any atom is 0.251 e. The molecule has 0 aliphatic heterocycles. The molecule has 1 aromatic heterocycles. The van der Waals surface area contributed by atoms with Gasteiger partial charge >= 0.3 is 0 Å². The molecule has 0 saturated carbocycles. The number of para-hydroxylation sites is 1. The topological polar surface area (TPSA) is 85.4 Å². The van der Waals surface area contributed by atoms with Crippen LogP contribution in [0.4, 0.5) is 0 Å². The standard InChI is InChI=1S/C22H22N2O3/c25-11-4-3-6-16-7-5-8-17(12-16)22(27)24-19(15-26)13-18-14-23-21-10-2-1-9-20(18)21/h1-2,5,7-10,12,14,19,23,25-26H,4,11,13,15H2,(H,24,27). The van der Waals surface area contributed by atoms with Gasteiger partial charge in [-0.1, -0.05) is 36.1 Å². The van der Waals surface area contributed by atoms with E-state index in [4.69, 9.17) is 5.11 Å². The Bertz CT molecular complexity index is 982. The number of benzene rings is 2. The molecule has 138 valence electrons. The van der Waals surface area contributed by atoms with Crippen LogP contribution in [0.5, 0.6) is 0 Å². The number of hydrogen-bond donors (Lipinski definition) is 4. The number of fused-ring (bicyclic) bond motifs is 1. The summed E-state index contributed by atoms with van der Waals surface area (Å²) in [5.74, 6) is 5.51. The molecule has 3 aromatic rings. The van der Waals surface area contributed by atoms with Crippen molar-refractivity contribution in [2.75, 3.05) is 13.2 Å². The summed E-state index contributed by atoms with van der Waals surface area (Å²) >= 11 is 0. The van der Waals surface area contributed by atoms with Gasteiger partial charge in [-0.3, -0.25) is 4.79 Å². The zero-order chi connectivity index (χ0) is 19.1. The van der Waals surface area contributed by atoms with Crippen LogP contribution < -0.4 is 5.32 Å². The van der Waals surface area contributed by atoms with Crippen LogP contribution in [0.2, 0.25) is 0 Å². The molecular weight excluding hydrogens is 340 g/mol. The lowest BCUT2D eigenvalue weighted by Gasteiger charge is -2.16. The van der Waals surface area contributed by atoms with E-state index < -0.39 is 0 Å². The third-order valence-electron chi connectivity index (χ3n) is 4.29. The first-order valence-electron chi connectivity index (χ1n) is 8.87. The van der Waals surface area contributed by atoms with E-state index in [9.17, 15) is 9.90 Å². The highest BCUT2D eigenvalue weighted by molar-refractivity contribution is 5.94. The number of carbonyl (C=O) groups excluding carboxylic acids is 1. The molecule has 2 aromatic carbocycles. The van der Waals surface area contributed by atoms with Gasteiger partial charge in [0.25, 0.3) is 5.91 Å². The normalized spacial score (nSPS) is 11.6. The average molecular weight is 362 g/mol. The molecule has 5 nitrogen and oxygen atoms in total. The van der Waals surface area contributed by atoms with Crippen LogP contribution in [0.25, 0.3) is 10.9 Å². The maximum absolute atomic E-state index is 12.6. The van der Waals surface area contributed by atoms with Crippen LogP contribution in [-0.2, 0) is 6.42 Å². The fraction of sp³-hybridized carbons (Fsp3) is 0.227. The predicted molar refractivity (Wildman–Crippen MR) is 105 cm³/mol. The lowest BCUT2D eigenvalue weighted by Crippen LogP contribution is -2.39. The number of aromatic nitrogens is 1. The van der Waals surface area contributed by atoms with Crippen molar-refractivity contribution in [2.45, 2.75) is 18.9 Å². The van der Waals surface area contributed by atoms with Crippen LogP contribution in [0.1, 0.15) is 27.9 Å². The number of nitrogens with one attached hydrogen (secondary N) is 2. The summed E-state index contributed by atoms with van der Waals surface area (Å²) in [5, 5.41) is 22.5. The highest BCUT2D eigenvalue weighted by Crippen LogP contribution is 2.19. The van der Waals surface area contributed by atoms with Crippen molar-refractivity contribution in [3.05, 3.63) is 71.4 Å². The van der Waals surface area contributed by atoms with E-state index in [1.54, 1.807) is 18.2 Å². The van der Waals surface area contributed by atoms with Gasteiger partial charge in [-0.05, 0) is 36.2 Å². The van der Waals surface area contributed by atoms with Crippen LogP contribution in [0.15, 0.2) is 54.7 Å². The largest absolute Gasteiger partial charge is 0.395 e. The zero-order valence-corrected chi connectivity index (χ0v) is 14.9. The van der Waals surface area contributed by atoms with E-state index in [1.165, 1.54) is 0 Å². The van der Waals surface area contributed by atoms with Crippen molar-refractivity contribution in [2.24, 2.45) is 0 Å². The van der Waals surface area contributed by atoms with Crippen molar-refractivity contribution >= 4 is 16.8 Å². The van der Waals surface area contributed by atoms with Crippen molar-refractivity contribution in [3.63, 3.8) is 0 Å². The number of aliphatic hydroxyl groups excluding tert-OH is 2. The van der Waals surface area contributed by atoms with E-state index in [0.717, 1.165) is 16.5 Å². The summed E-state index contributed by atoms with van der Waals surface area (Å²) in [6.45, 7) is -0.138. The lowest BCUT2D eigenvalue weighted by molar-refractivity contribution is 0.0916. The van der Waals surface area contributed by atoms with Crippen molar-refractivity contribution in [1.82, 2.24) is 10.3 Å². The van der Waals surface area contributed by atoms with Crippen LogP contribution >= 0.6 is 0 Å². The molecule has 0 aliphatic carbocycles. The number of hydrogen-bond acceptors (Lipinski definition) is 3. The van der Waals surface area contributed by atoms with E-state index in [1.807, 2.05) is 36.5 Å². The van der Waals surface area contributed by atoms with Crippen molar-refractivity contribution in [1.29, 1.82) is 0 Å². The molecular formula is C22H22N2O3. The Morgan fingerprint density at radius 3 is 2.81 bits per heavy atom. The summed E-state index contributed by atoms with van der Waals surface area (Å²) in [7, 11) is 0. The molecule has 3 rings (SSSR count). The van der Waals surface area contributed by atoms with Gasteiger partial charge in [0.2, 0.25) is 0 Å². The van der Waals surface area contributed by atoms with Crippen molar-refractivity contribution < 1.29 is 15.0 Å². The number of carbonyl (C=O) groups is 1. The second-order valence-electron chi connectivity index (χ2n) is 6.27. The molecule has 0 fully saturated rings. The minimum absolute atomic E-state index is 0.0131. The van der Waals surface area contributed by atoms with Crippen molar-refractivity contribution in [3.8, 4) is 11.8 Å². The molecule has 0 bridgehead atoms. The van der Waals surface area contributed by atoms with E-state index >= 15 is 0 Å². The Balaban J connectivity index is 1.70. The molecule has 1 unspecified atom stereocenters. The van der Waals surface area contributed by atoms with E-state index in [0.29, 0.717) is 24.0 Å². The molecule has 27 heavy (non-hydrogen) atoms. The number of aliphatic hydroxyl groups is 2. The molecule has 0 radical (unpaired) electrons. The Morgan fingerprint density at radius 2 is 2.00 bits per heavy atom. The highest BCUT2D eigenvalue weighted by atomic mass is 16.3. The van der Waals surface area contributed by atoms with Gasteiger partial charge in [0, 0.05) is 34.6 Å². The van der Waals surface area contributed by atoms with Gasteiger partial charge in [0.05, 0.1) is 19.3 Å². The third kappa shape index (κ3) is 4.76. The Hall–Kier alpha value is -3.07. The summed E-state index contributed by atoms with van der Waals surface area (Å²) in [6.07, 6.45) is 2.84. The molecule has 1 amide bonds. The van der Waals surface area contributed by atoms with Gasteiger partial charge in [-0.15, -0.1) is 0 Å². The molecule has 0 aliphatic rings. The quantitative estimate of drug-likeness (QED) is 0.507. The number of aromatic amines is 1. The molecule has 1 atom stereocenters. The highest BCUT2D eigenvalue weighted by Gasteiger charge is 2.15. The summed E-state index contributed by atoms with van der Waals surface area (Å²) in [6, 6.07) is 14.6. The average Bonchev–Trinajstić information content (AvgIpc) is 3.11. The minimum atomic E-state index is -0.388. The smallest absolute Gasteiger partial charge is 0.251 e. The first-order valence-corrected chi connectivity index (χ1v) is 8.87. The number of rotatable bonds is 6. The van der Waals surface area contributed by atoms with Gasteiger partial charge in [-0.25, -0.2) is 0 Å². The van der Waals surface area contributed by atoms with Gasteiger partial charge in [-0.2, -0.15) is 0 Å². The Labute approximate surface area is 158 Å². The first kappa shape index (κ1) is 18.7. The molecule has 5 heteroatoms. The van der Waals surface area contributed by atoms with E-state index in [2.05, 4.69) is 22.1 Å². The third-order valence-corrected chi connectivity index (χ3v) is 4.29. The van der Waals surface area contributed by atoms with Gasteiger partial charge in [0.1, 0.15) is 0 Å². The van der Waals surface area contributed by atoms with Crippen LogP contribution in [-0.4, -0.2) is 40.4 Å². The summed E-state index contributed by atoms with van der Waals surface area (Å²) in [4.78, 5) is 15.8. The summed E-state index contributed by atoms with van der Waals surface area (Å²) in [5.41, 5.74) is 3.29. The molecule has 0 saturated heterocycles. The predicted octanol–water partition coefficient (Wildman–Crippen LogP) is 2.24. The zero-order valence-electron chi connectivity index (χ0n) is 14.9. The lowest BCUT2D eigenvalue weighted by atomic mass is 10.0. The number of amides is 1. The van der Waals surface area contributed by atoms with Gasteiger partial charge < -0.3 is 20.5 Å². The number of H-pyrrole nitrogens is 1. The second kappa shape index (κ2) is 9.04. The maximum atomic E-state index is 12.6. The minimum Gasteiger partial charge on any atom is -0.395 e.